The van der Waals surface area contributed by atoms with Crippen molar-refractivity contribution in [2.24, 2.45) is 0 Å². The zero-order chi connectivity index (χ0) is 9.26. The van der Waals surface area contributed by atoms with Gasteiger partial charge in [0, 0.05) is 13.1 Å². The SMILES string of the molecule is O=C(NC1CNC1)c1ccc(Cl)o1. The standard InChI is InChI=1S/C8H9ClN2O2/c9-7-2-1-6(13-7)8(12)11-5-3-10-4-5/h1-2,5,10H,3-4H2,(H,11,12). The van der Waals surface area contributed by atoms with E-state index in [0.717, 1.165) is 13.1 Å². The summed E-state index contributed by atoms with van der Waals surface area (Å²) in [7, 11) is 0. The third kappa shape index (κ3) is 1.84. The lowest BCUT2D eigenvalue weighted by Gasteiger charge is -2.27. The maximum atomic E-state index is 11.4. The van der Waals surface area contributed by atoms with E-state index in [9.17, 15) is 4.79 Å². The van der Waals surface area contributed by atoms with Gasteiger partial charge < -0.3 is 15.1 Å². The lowest BCUT2D eigenvalue weighted by Crippen LogP contribution is -2.56. The maximum absolute atomic E-state index is 11.4. The van der Waals surface area contributed by atoms with Crippen molar-refractivity contribution in [3.8, 4) is 0 Å². The summed E-state index contributed by atoms with van der Waals surface area (Å²) in [4.78, 5) is 11.4. The Hall–Kier alpha value is -1.00. The average Bonchev–Trinajstić information content (AvgIpc) is 2.44. The van der Waals surface area contributed by atoms with Gasteiger partial charge in [-0.25, -0.2) is 0 Å². The lowest BCUT2D eigenvalue weighted by molar-refractivity contribution is 0.0896. The molecule has 70 valence electrons. The summed E-state index contributed by atoms with van der Waals surface area (Å²) < 4.78 is 4.95. The van der Waals surface area contributed by atoms with Gasteiger partial charge in [0.15, 0.2) is 11.0 Å². The van der Waals surface area contributed by atoms with Crippen molar-refractivity contribution >= 4 is 17.5 Å². The fraction of sp³-hybridized carbons (Fsp3) is 0.375. The van der Waals surface area contributed by atoms with Crippen molar-refractivity contribution in [2.75, 3.05) is 13.1 Å². The van der Waals surface area contributed by atoms with E-state index in [1.54, 1.807) is 12.1 Å². The summed E-state index contributed by atoms with van der Waals surface area (Å²) >= 11 is 5.53. The van der Waals surface area contributed by atoms with Crippen molar-refractivity contribution in [3.63, 3.8) is 0 Å². The van der Waals surface area contributed by atoms with Crippen LogP contribution in [0.4, 0.5) is 0 Å². The molecule has 0 unspecified atom stereocenters. The van der Waals surface area contributed by atoms with Crippen molar-refractivity contribution in [3.05, 3.63) is 23.1 Å². The molecule has 1 fully saturated rings. The Morgan fingerprint density at radius 1 is 1.62 bits per heavy atom. The lowest BCUT2D eigenvalue weighted by atomic mass is 10.2. The molecule has 5 heteroatoms. The first-order valence-corrected chi connectivity index (χ1v) is 4.40. The van der Waals surface area contributed by atoms with E-state index >= 15 is 0 Å². The topological polar surface area (TPSA) is 54.3 Å². The number of amides is 1. The number of carbonyl (C=O) groups excluding carboxylic acids is 1. The van der Waals surface area contributed by atoms with Gasteiger partial charge in [0.25, 0.3) is 5.91 Å². The Morgan fingerprint density at radius 3 is 2.85 bits per heavy atom. The molecule has 0 aromatic carbocycles. The van der Waals surface area contributed by atoms with Gasteiger partial charge in [0.05, 0.1) is 6.04 Å². The van der Waals surface area contributed by atoms with Crippen LogP contribution in [0.5, 0.6) is 0 Å². The molecule has 0 aliphatic carbocycles. The highest BCUT2D eigenvalue weighted by Gasteiger charge is 2.20. The average molecular weight is 201 g/mol. The molecule has 2 N–H and O–H groups in total. The molecular formula is C8H9ClN2O2. The van der Waals surface area contributed by atoms with Crippen molar-refractivity contribution in [1.82, 2.24) is 10.6 Å². The first-order chi connectivity index (χ1) is 6.25. The summed E-state index contributed by atoms with van der Waals surface area (Å²) in [6.07, 6.45) is 0. The van der Waals surface area contributed by atoms with Gasteiger partial charge in [-0.3, -0.25) is 4.79 Å². The van der Waals surface area contributed by atoms with Gasteiger partial charge in [0.2, 0.25) is 0 Å². The van der Waals surface area contributed by atoms with Gasteiger partial charge in [-0.05, 0) is 23.7 Å². The fourth-order valence-electron chi connectivity index (χ4n) is 1.08. The molecule has 1 aliphatic heterocycles. The summed E-state index contributed by atoms with van der Waals surface area (Å²) in [6, 6.07) is 3.33. The molecule has 2 heterocycles. The van der Waals surface area contributed by atoms with E-state index in [0.29, 0.717) is 0 Å². The Labute approximate surface area is 80.2 Å². The number of nitrogens with one attached hydrogen (secondary N) is 2. The zero-order valence-corrected chi connectivity index (χ0v) is 7.60. The van der Waals surface area contributed by atoms with Crippen molar-refractivity contribution in [2.45, 2.75) is 6.04 Å². The third-order valence-corrected chi connectivity index (χ3v) is 2.12. The number of hydrogen-bond donors (Lipinski definition) is 2. The minimum Gasteiger partial charge on any atom is -0.440 e. The summed E-state index contributed by atoms with van der Waals surface area (Å²) in [6.45, 7) is 1.64. The van der Waals surface area contributed by atoms with Crippen LogP contribution in [0.25, 0.3) is 0 Å². The van der Waals surface area contributed by atoms with Crippen molar-refractivity contribution < 1.29 is 9.21 Å². The first-order valence-electron chi connectivity index (χ1n) is 4.02. The molecule has 4 nitrogen and oxygen atoms in total. The monoisotopic (exact) mass is 200 g/mol. The van der Waals surface area contributed by atoms with Crippen LogP contribution >= 0.6 is 11.6 Å². The van der Waals surface area contributed by atoms with E-state index in [2.05, 4.69) is 10.6 Å². The number of hydrogen-bond acceptors (Lipinski definition) is 3. The molecule has 0 saturated carbocycles. The van der Waals surface area contributed by atoms with Crippen LogP contribution < -0.4 is 10.6 Å². The fourth-order valence-corrected chi connectivity index (χ4v) is 1.23. The predicted molar refractivity (Wildman–Crippen MR) is 47.8 cm³/mol. The van der Waals surface area contributed by atoms with Crippen LogP contribution in [0, 0.1) is 0 Å². The van der Waals surface area contributed by atoms with Gasteiger partial charge in [-0.2, -0.15) is 0 Å². The summed E-state index contributed by atoms with van der Waals surface area (Å²) in [5.74, 6) is 0.0512. The van der Waals surface area contributed by atoms with Gasteiger partial charge >= 0.3 is 0 Å². The molecule has 13 heavy (non-hydrogen) atoms. The second-order valence-corrected chi connectivity index (χ2v) is 3.30. The summed E-state index contributed by atoms with van der Waals surface area (Å²) in [5, 5.41) is 6.08. The minimum atomic E-state index is -0.210. The molecule has 0 bridgehead atoms. The number of furan rings is 1. The Morgan fingerprint density at radius 2 is 2.38 bits per heavy atom. The van der Waals surface area contributed by atoms with Gasteiger partial charge in [-0.15, -0.1) is 0 Å². The van der Waals surface area contributed by atoms with E-state index in [1.807, 2.05) is 0 Å². The molecular weight excluding hydrogens is 192 g/mol. The summed E-state index contributed by atoms with van der Waals surface area (Å²) in [5.41, 5.74) is 0. The number of rotatable bonds is 2. The number of halogens is 1. The normalized spacial score (nSPS) is 16.7. The molecule has 1 aliphatic rings. The highest BCUT2D eigenvalue weighted by atomic mass is 35.5. The Bertz CT molecular complexity index is 320. The number of carbonyl (C=O) groups is 1. The minimum absolute atomic E-state index is 0.210. The molecule has 0 radical (unpaired) electrons. The van der Waals surface area contributed by atoms with Crippen LogP contribution in [-0.2, 0) is 0 Å². The van der Waals surface area contributed by atoms with Crippen LogP contribution in [0.3, 0.4) is 0 Å². The molecule has 1 aromatic rings. The van der Waals surface area contributed by atoms with E-state index in [-0.39, 0.29) is 22.9 Å². The molecule has 0 spiro atoms. The second kappa shape index (κ2) is 3.40. The largest absolute Gasteiger partial charge is 0.440 e. The van der Waals surface area contributed by atoms with E-state index in [1.165, 1.54) is 0 Å². The highest BCUT2D eigenvalue weighted by Crippen LogP contribution is 2.13. The molecule has 2 rings (SSSR count). The quantitative estimate of drug-likeness (QED) is 0.737. The van der Waals surface area contributed by atoms with Crippen LogP contribution in [0.15, 0.2) is 16.5 Å². The molecule has 1 saturated heterocycles. The molecule has 1 amide bonds. The Kier molecular flexibility index (Phi) is 2.24. The first kappa shape index (κ1) is 8.59. The molecule has 0 atom stereocenters. The van der Waals surface area contributed by atoms with Crippen molar-refractivity contribution in [1.29, 1.82) is 0 Å². The second-order valence-electron chi connectivity index (χ2n) is 2.93. The predicted octanol–water partition coefficient (Wildman–Crippen LogP) is 0.635. The van der Waals surface area contributed by atoms with Crippen LogP contribution in [0.1, 0.15) is 10.6 Å². The highest BCUT2D eigenvalue weighted by molar-refractivity contribution is 6.29. The zero-order valence-electron chi connectivity index (χ0n) is 6.84. The third-order valence-electron chi connectivity index (χ3n) is 1.91. The van der Waals surface area contributed by atoms with Crippen LogP contribution in [-0.4, -0.2) is 25.0 Å². The van der Waals surface area contributed by atoms with Gasteiger partial charge in [0.1, 0.15) is 0 Å². The van der Waals surface area contributed by atoms with E-state index < -0.39 is 0 Å². The van der Waals surface area contributed by atoms with E-state index in [4.69, 9.17) is 16.0 Å². The van der Waals surface area contributed by atoms with Crippen LogP contribution in [0.2, 0.25) is 5.22 Å². The molecule has 1 aromatic heterocycles. The smallest absolute Gasteiger partial charge is 0.287 e. The Balaban J connectivity index is 1.96. The van der Waals surface area contributed by atoms with Gasteiger partial charge in [-0.1, -0.05) is 0 Å². The maximum Gasteiger partial charge on any atom is 0.287 e.